The molecule has 1 aromatic rings. The normalized spacial score (nSPS) is 20.6. The molecule has 0 bridgehead atoms. The van der Waals surface area contributed by atoms with E-state index in [9.17, 15) is 0 Å². The highest BCUT2D eigenvalue weighted by molar-refractivity contribution is 5.56. The summed E-state index contributed by atoms with van der Waals surface area (Å²) in [6, 6.07) is 9.52. The molecule has 1 heterocycles. The molecule has 1 aromatic carbocycles. The van der Waals surface area contributed by atoms with E-state index in [4.69, 9.17) is 5.73 Å². The van der Waals surface area contributed by atoms with E-state index in [0.717, 1.165) is 13.1 Å². The Hall–Kier alpha value is -1.02. The van der Waals surface area contributed by atoms with Crippen LogP contribution in [0.15, 0.2) is 24.3 Å². The Bertz CT molecular complexity index is 371. The number of nitrogens with zero attached hydrogens (tertiary/aromatic N) is 1. The second-order valence-electron chi connectivity index (χ2n) is 5.51. The van der Waals surface area contributed by atoms with Gasteiger partial charge in [-0.2, -0.15) is 0 Å². The SMILES string of the molecule is CCC(CN)CCN1c2ccccc2CCC1C. The summed E-state index contributed by atoms with van der Waals surface area (Å²) < 4.78 is 0. The minimum atomic E-state index is 0.662. The van der Waals surface area contributed by atoms with Crippen LogP contribution in [-0.2, 0) is 6.42 Å². The first-order chi connectivity index (χ1) is 8.76. The first-order valence-electron chi connectivity index (χ1n) is 7.30. The molecule has 2 atom stereocenters. The van der Waals surface area contributed by atoms with Crippen molar-refractivity contribution >= 4 is 5.69 Å². The summed E-state index contributed by atoms with van der Waals surface area (Å²) in [5.74, 6) is 0.672. The average Bonchev–Trinajstić information content (AvgIpc) is 2.42. The van der Waals surface area contributed by atoms with Crippen LogP contribution in [-0.4, -0.2) is 19.1 Å². The maximum Gasteiger partial charge on any atom is 0.0401 e. The van der Waals surface area contributed by atoms with E-state index in [1.165, 1.54) is 36.9 Å². The highest BCUT2D eigenvalue weighted by atomic mass is 15.2. The first-order valence-corrected chi connectivity index (χ1v) is 7.30. The van der Waals surface area contributed by atoms with Gasteiger partial charge in [0, 0.05) is 18.3 Å². The van der Waals surface area contributed by atoms with Crippen LogP contribution in [0.4, 0.5) is 5.69 Å². The van der Waals surface area contributed by atoms with Crippen LogP contribution in [0, 0.1) is 5.92 Å². The van der Waals surface area contributed by atoms with Gasteiger partial charge in [-0.15, -0.1) is 0 Å². The quantitative estimate of drug-likeness (QED) is 0.864. The number of hydrogen-bond acceptors (Lipinski definition) is 2. The summed E-state index contributed by atoms with van der Waals surface area (Å²) in [4.78, 5) is 2.58. The van der Waals surface area contributed by atoms with Crippen LogP contribution in [0.5, 0.6) is 0 Å². The van der Waals surface area contributed by atoms with E-state index in [-0.39, 0.29) is 0 Å². The summed E-state index contributed by atoms with van der Waals surface area (Å²) in [5, 5.41) is 0. The van der Waals surface area contributed by atoms with Crippen molar-refractivity contribution in [1.29, 1.82) is 0 Å². The molecule has 2 N–H and O–H groups in total. The van der Waals surface area contributed by atoms with Gasteiger partial charge in [0.15, 0.2) is 0 Å². The number of rotatable bonds is 5. The molecule has 0 saturated heterocycles. The standard InChI is InChI=1S/C16H26N2/c1-3-14(12-17)10-11-18-13(2)8-9-15-6-4-5-7-16(15)18/h4-7,13-14H,3,8-12,17H2,1-2H3. The first kappa shape index (κ1) is 13.4. The molecule has 0 amide bonds. The minimum Gasteiger partial charge on any atom is -0.369 e. The number of aryl methyl sites for hydroxylation is 1. The fourth-order valence-corrected chi connectivity index (χ4v) is 2.91. The van der Waals surface area contributed by atoms with Crippen LogP contribution in [0.1, 0.15) is 38.7 Å². The van der Waals surface area contributed by atoms with Crippen molar-refractivity contribution in [3.63, 3.8) is 0 Å². The van der Waals surface area contributed by atoms with Gasteiger partial charge in [0.05, 0.1) is 0 Å². The molecule has 18 heavy (non-hydrogen) atoms. The van der Waals surface area contributed by atoms with Gasteiger partial charge >= 0.3 is 0 Å². The maximum absolute atomic E-state index is 5.81. The largest absolute Gasteiger partial charge is 0.369 e. The van der Waals surface area contributed by atoms with Crippen molar-refractivity contribution in [2.45, 2.75) is 45.6 Å². The molecule has 0 fully saturated rings. The van der Waals surface area contributed by atoms with E-state index in [0.29, 0.717) is 12.0 Å². The zero-order valence-corrected chi connectivity index (χ0v) is 11.7. The highest BCUT2D eigenvalue weighted by Crippen LogP contribution is 2.30. The Labute approximate surface area is 111 Å². The lowest BCUT2D eigenvalue weighted by molar-refractivity contribution is 0.455. The van der Waals surface area contributed by atoms with Crippen molar-refractivity contribution in [1.82, 2.24) is 0 Å². The average molecular weight is 246 g/mol. The Morgan fingerprint density at radius 3 is 2.89 bits per heavy atom. The van der Waals surface area contributed by atoms with E-state index in [2.05, 4.69) is 43.0 Å². The molecule has 2 unspecified atom stereocenters. The van der Waals surface area contributed by atoms with E-state index in [1.54, 1.807) is 0 Å². The van der Waals surface area contributed by atoms with Gasteiger partial charge in [0.1, 0.15) is 0 Å². The molecule has 0 spiro atoms. The van der Waals surface area contributed by atoms with Gasteiger partial charge in [-0.05, 0) is 50.3 Å². The predicted molar refractivity (Wildman–Crippen MR) is 79.0 cm³/mol. The lowest BCUT2D eigenvalue weighted by atomic mass is 9.95. The van der Waals surface area contributed by atoms with Crippen LogP contribution in [0.3, 0.4) is 0 Å². The summed E-state index contributed by atoms with van der Waals surface area (Å²) in [6.45, 7) is 6.55. The molecule has 2 rings (SSSR count). The lowest BCUT2D eigenvalue weighted by Crippen LogP contribution is -2.39. The Balaban J connectivity index is 2.07. The smallest absolute Gasteiger partial charge is 0.0401 e. The van der Waals surface area contributed by atoms with Crippen molar-refractivity contribution in [3.8, 4) is 0 Å². The third-order valence-electron chi connectivity index (χ3n) is 4.35. The summed E-state index contributed by atoms with van der Waals surface area (Å²) in [7, 11) is 0. The van der Waals surface area contributed by atoms with Crippen LogP contribution in [0.25, 0.3) is 0 Å². The summed E-state index contributed by atoms with van der Waals surface area (Å²) in [5.41, 5.74) is 8.77. The van der Waals surface area contributed by atoms with Gasteiger partial charge in [0.25, 0.3) is 0 Å². The van der Waals surface area contributed by atoms with Gasteiger partial charge in [-0.25, -0.2) is 0 Å². The van der Waals surface area contributed by atoms with Crippen molar-refractivity contribution in [3.05, 3.63) is 29.8 Å². The molecule has 0 saturated carbocycles. The third-order valence-corrected chi connectivity index (χ3v) is 4.35. The number of nitrogens with two attached hydrogens (primary N) is 1. The predicted octanol–water partition coefficient (Wildman–Crippen LogP) is 3.20. The molecule has 0 aromatic heterocycles. The van der Waals surface area contributed by atoms with Crippen molar-refractivity contribution < 1.29 is 0 Å². The van der Waals surface area contributed by atoms with Gasteiger partial charge in [-0.1, -0.05) is 31.5 Å². The number of hydrogen-bond donors (Lipinski definition) is 1. The fourth-order valence-electron chi connectivity index (χ4n) is 2.91. The molecule has 0 radical (unpaired) electrons. The minimum absolute atomic E-state index is 0.662. The lowest BCUT2D eigenvalue weighted by Gasteiger charge is -2.38. The van der Waals surface area contributed by atoms with Crippen molar-refractivity contribution in [2.75, 3.05) is 18.0 Å². The maximum atomic E-state index is 5.81. The second kappa shape index (κ2) is 6.24. The van der Waals surface area contributed by atoms with Crippen molar-refractivity contribution in [2.24, 2.45) is 11.7 Å². The van der Waals surface area contributed by atoms with Crippen LogP contribution in [0.2, 0.25) is 0 Å². The molecule has 0 aliphatic carbocycles. The molecule has 2 nitrogen and oxygen atoms in total. The van der Waals surface area contributed by atoms with Gasteiger partial charge in [-0.3, -0.25) is 0 Å². The summed E-state index contributed by atoms with van der Waals surface area (Å²) in [6.07, 6.45) is 4.91. The topological polar surface area (TPSA) is 29.3 Å². The molecular formula is C16H26N2. The molecule has 2 heteroatoms. The van der Waals surface area contributed by atoms with Gasteiger partial charge < -0.3 is 10.6 Å². The molecular weight excluding hydrogens is 220 g/mol. The monoisotopic (exact) mass is 246 g/mol. The molecule has 1 aliphatic rings. The van der Waals surface area contributed by atoms with E-state index < -0.39 is 0 Å². The fraction of sp³-hybridized carbons (Fsp3) is 0.625. The highest BCUT2D eigenvalue weighted by Gasteiger charge is 2.22. The molecule has 100 valence electrons. The number of para-hydroxylation sites is 1. The zero-order chi connectivity index (χ0) is 13.0. The Morgan fingerprint density at radius 1 is 1.39 bits per heavy atom. The number of benzene rings is 1. The second-order valence-corrected chi connectivity index (χ2v) is 5.51. The number of anilines is 1. The zero-order valence-electron chi connectivity index (χ0n) is 11.7. The summed E-state index contributed by atoms with van der Waals surface area (Å²) >= 11 is 0. The van der Waals surface area contributed by atoms with Crippen LogP contribution >= 0.6 is 0 Å². The van der Waals surface area contributed by atoms with E-state index in [1.807, 2.05) is 0 Å². The number of fused-ring (bicyclic) bond motifs is 1. The third kappa shape index (κ3) is 2.86. The molecule has 1 aliphatic heterocycles. The van der Waals surface area contributed by atoms with Gasteiger partial charge in [0.2, 0.25) is 0 Å². The Kier molecular flexibility index (Phi) is 4.65. The Morgan fingerprint density at radius 2 is 2.17 bits per heavy atom. The van der Waals surface area contributed by atoms with E-state index >= 15 is 0 Å². The van der Waals surface area contributed by atoms with Crippen LogP contribution < -0.4 is 10.6 Å².